The monoisotopic (exact) mass is 227 g/mol. The summed E-state index contributed by atoms with van der Waals surface area (Å²) >= 11 is 0. The van der Waals surface area contributed by atoms with Crippen molar-refractivity contribution < 1.29 is 9.90 Å². The van der Waals surface area contributed by atoms with E-state index in [0.29, 0.717) is 0 Å². The van der Waals surface area contributed by atoms with Gasteiger partial charge in [0.2, 0.25) is 5.91 Å². The van der Waals surface area contributed by atoms with Crippen LogP contribution in [-0.2, 0) is 4.79 Å². The van der Waals surface area contributed by atoms with Crippen molar-refractivity contribution in [3.8, 4) is 0 Å². The summed E-state index contributed by atoms with van der Waals surface area (Å²) in [7, 11) is 0. The summed E-state index contributed by atoms with van der Waals surface area (Å²) in [6, 6.07) is 0. The molecule has 2 unspecified atom stereocenters. The van der Waals surface area contributed by atoms with Crippen LogP contribution in [0.15, 0.2) is 0 Å². The molecule has 1 saturated carbocycles. The molecule has 3 heteroatoms. The van der Waals surface area contributed by atoms with Gasteiger partial charge in [-0.15, -0.1) is 0 Å². The lowest BCUT2D eigenvalue weighted by atomic mass is 9.81. The van der Waals surface area contributed by atoms with Gasteiger partial charge < -0.3 is 10.4 Å². The molecule has 3 nitrogen and oxygen atoms in total. The molecule has 2 N–H and O–H groups in total. The maximum Gasteiger partial charge on any atom is 0.224 e. The molecular formula is C13H25NO2. The van der Waals surface area contributed by atoms with Crippen molar-refractivity contribution in [2.24, 2.45) is 11.3 Å². The Labute approximate surface area is 98.6 Å². The Morgan fingerprint density at radius 3 is 2.44 bits per heavy atom. The number of aliphatic hydroxyl groups is 1. The number of carbonyl (C=O) groups excluding carboxylic acids is 1. The number of aliphatic hydroxyl groups excluding tert-OH is 1. The van der Waals surface area contributed by atoms with E-state index in [1.807, 2.05) is 13.8 Å². The van der Waals surface area contributed by atoms with E-state index in [0.717, 1.165) is 19.3 Å². The lowest BCUT2D eigenvalue weighted by molar-refractivity contribution is -0.130. The summed E-state index contributed by atoms with van der Waals surface area (Å²) in [6.07, 6.45) is 2.66. The molecule has 1 rings (SSSR count). The van der Waals surface area contributed by atoms with Gasteiger partial charge in [0.1, 0.15) is 0 Å². The summed E-state index contributed by atoms with van der Waals surface area (Å²) < 4.78 is 0. The predicted octanol–water partition coefficient (Wildman–Crippen LogP) is 2.09. The highest BCUT2D eigenvalue weighted by atomic mass is 16.3. The molecule has 1 amide bonds. The second kappa shape index (κ2) is 4.36. The average molecular weight is 227 g/mol. The van der Waals surface area contributed by atoms with Crippen LogP contribution in [-0.4, -0.2) is 22.7 Å². The number of rotatable bonds is 3. The van der Waals surface area contributed by atoms with E-state index in [1.54, 1.807) is 6.92 Å². The van der Waals surface area contributed by atoms with E-state index in [-0.39, 0.29) is 17.2 Å². The molecule has 94 valence electrons. The van der Waals surface area contributed by atoms with Crippen LogP contribution in [0.2, 0.25) is 0 Å². The number of hydrogen-bond donors (Lipinski definition) is 2. The summed E-state index contributed by atoms with van der Waals surface area (Å²) in [6.45, 7) is 9.73. The van der Waals surface area contributed by atoms with Crippen LogP contribution in [0.4, 0.5) is 0 Å². The molecule has 0 saturated heterocycles. The molecule has 1 aliphatic rings. The summed E-state index contributed by atoms with van der Waals surface area (Å²) in [4.78, 5) is 12.2. The zero-order chi connectivity index (χ0) is 12.6. The third-order valence-electron chi connectivity index (χ3n) is 4.06. The van der Waals surface area contributed by atoms with Crippen LogP contribution in [0, 0.1) is 11.3 Å². The van der Waals surface area contributed by atoms with E-state index < -0.39 is 11.6 Å². The van der Waals surface area contributed by atoms with Crippen molar-refractivity contribution >= 4 is 5.91 Å². The second-order valence-electron chi connectivity index (χ2n) is 6.32. The lowest BCUT2D eigenvalue weighted by Crippen LogP contribution is -2.53. The van der Waals surface area contributed by atoms with Crippen molar-refractivity contribution in [3.05, 3.63) is 0 Å². The molecule has 0 aromatic heterocycles. The Kier molecular flexibility index (Phi) is 3.68. The van der Waals surface area contributed by atoms with Crippen LogP contribution < -0.4 is 5.32 Å². The molecule has 1 aliphatic carbocycles. The smallest absolute Gasteiger partial charge is 0.224 e. The van der Waals surface area contributed by atoms with Crippen LogP contribution in [0.3, 0.4) is 0 Å². The molecule has 16 heavy (non-hydrogen) atoms. The van der Waals surface area contributed by atoms with Gasteiger partial charge in [0.15, 0.2) is 0 Å². The third-order valence-corrected chi connectivity index (χ3v) is 4.06. The van der Waals surface area contributed by atoms with Crippen LogP contribution in [0.25, 0.3) is 0 Å². The molecule has 0 bridgehead atoms. The van der Waals surface area contributed by atoms with Crippen LogP contribution in [0.1, 0.15) is 53.9 Å². The molecule has 0 aromatic carbocycles. The standard InChI is InChI=1S/C13H25NO2/c1-9(15)13(4,5)14-11(16)10-7-6-8-12(10,2)3/h9-10,15H,6-8H2,1-5H3,(H,14,16). The highest BCUT2D eigenvalue weighted by molar-refractivity contribution is 5.80. The number of nitrogens with one attached hydrogen (secondary N) is 1. The minimum atomic E-state index is -0.546. The highest BCUT2D eigenvalue weighted by Crippen LogP contribution is 2.42. The van der Waals surface area contributed by atoms with Gasteiger partial charge in [-0.25, -0.2) is 0 Å². The molecule has 0 radical (unpaired) electrons. The average Bonchev–Trinajstić information content (AvgIpc) is 2.43. The first kappa shape index (κ1) is 13.5. The minimum Gasteiger partial charge on any atom is -0.391 e. The largest absolute Gasteiger partial charge is 0.391 e. The first-order chi connectivity index (χ1) is 7.17. The lowest BCUT2D eigenvalue weighted by Gasteiger charge is -2.33. The fraction of sp³-hybridized carbons (Fsp3) is 0.923. The fourth-order valence-electron chi connectivity index (χ4n) is 2.32. The van der Waals surface area contributed by atoms with Gasteiger partial charge in [-0.2, -0.15) is 0 Å². The maximum atomic E-state index is 12.2. The third kappa shape index (κ3) is 2.76. The Morgan fingerprint density at radius 2 is 2.06 bits per heavy atom. The quantitative estimate of drug-likeness (QED) is 0.775. The van der Waals surface area contributed by atoms with Crippen molar-refractivity contribution in [1.82, 2.24) is 5.32 Å². The summed E-state index contributed by atoms with van der Waals surface area (Å²) in [5.41, 5.74) is -0.450. The Morgan fingerprint density at radius 1 is 1.50 bits per heavy atom. The minimum absolute atomic E-state index is 0.0884. The Balaban J connectivity index is 2.66. The maximum absolute atomic E-state index is 12.2. The SMILES string of the molecule is CC(O)C(C)(C)NC(=O)C1CCCC1(C)C. The molecule has 0 heterocycles. The predicted molar refractivity (Wildman–Crippen MR) is 65.0 cm³/mol. The van der Waals surface area contributed by atoms with Crippen molar-refractivity contribution in [2.45, 2.75) is 65.5 Å². The van der Waals surface area contributed by atoms with Gasteiger partial charge >= 0.3 is 0 Å². The molecule has 0 aromatic rings. The summed E-state index contributed by atoms with van der Waals surface area (Å²) in [5, 5.41) is 12.6. The molecular weight excluding hydrogens is 202 g/mol. The number of carbonyl (C=O) groups is 1. The topological polar surface area (TPSA) is 49.3 Å². The molecule has 1 fully saturated rings. The van der Waals surface area contributed by atoms with Crippen molar-refractivity contribution in [2.75, 3.05) is 0 Å². The highest BCUT2D eigenvalue weighted by Gasteiger charge is 2.41. The Hall–Kier alpha value is -0.570. The van der Waals surface area contributed by atoms with Gasteiger partial charge in [0, 0.05) is 5.92 Å². The summed E-state index contributed by atoms with van der Waals surface area (Å²) in [5.74, 6) is 0.180. The van der Waals surface area contributed by atoms with E-state index in [2.05, 4.69) is 19.2 Å². The Bertz CT molecular complexity index is 269. The van der Waals surface area contributed by atoms with Gasteiger partial charge in [0.25, 0.3) is 0 Å². The van der Waals surface area contributed by atoms with Gasteiger partial charge in [-0.1, -0.05) is 20.3 Å². The van der Waals surface area contributed by atoms with Crippen molar-refractivity contribution in [3.63, 3.8) is 0 Å². The van der Waals surface area contributed by atoms with Gasteiger partial charge in [0.05, 0.1) is 11.6 Å². The molecule has 2 atom stereocenters. The first-order valence-corrected chi connectivity index (χ1v) is 6.17. The molecule has 0 aliphatic heterocycles. The van der Waals surface area contributed by atoms with Crippen LogP contribution in [0.5, 0.6) is 0 Å². The normalized spacial score (nSPS) is 26.5. The van der Waals surface area contributed by atoms with Crippen molar-refractivity contribution in [1.29, 1.82) is 0 Å². The number of amides is 1. The fourth-order valence-corrected chi connectivity index (χ4v) is 2.32. The zero-order valence-corrected chi connectivity index (χ0v) is 11.1. The first-order valence-electron chi connectivity index (χ1n) is 6.17. The van der Waals surface area contributed by atoms with E-state index in [4.69, 9.17) is 0 Å². The van der Waals surface area contributed by atoms with E-state index in [9.17, 15) is 9.90 Å². The van der Waals surface area contributed by atoms with Gasteiger partial charge in [-0.05, 0) is 39.0 Å². The molecule has 0 spiro atoms. The number of hydrogen-bond acceptors (Lipinski definition) is 2. The van der Waals surface area contributed by atoms with E-state index >= 15 is 0 Å². The second-order valence-corrected chi connectivity index (χ2v) is 6.32. The van der Waals surface area contributed by atoms with E-state index in [1.165, 1.54) is 0 Å². The zero-order valence-electron chi connectivity index (χ0n) is 11.1. The van der Waals surface area contributed by atoms with Gasteiger partial charge in [-0.3, -0.25) is 4.79 Å². The van der Waals surface area contributed by atoms with Crippen LogP contribution >= 0.6 is 0 Å².